The minimum absolute atomic E-state index is 0.110. The molecule has 1 aliphatic heterocycles. The molecule has 0 aliphatic carbocycles. The highest BCUT2D eigenvalue weighted by Crippen LogP contribution is 2.38. The summed E-state index contributed by atoms with van der Waals surface area (Å²) in [6.45, 7) is 5.16. The molecule has 1 heterocycles. The monoisotopic (exact) mass is 624 g/mol. The van der Waals surface area contributed by atoms with Crippen molar-refractivity contribution in [3.63, 3.8) is 0 Å². The van der Waals surface area contributed by atoms with Crippen LogP contribution >= 0.6 is 34.4 Å². The Morgan fingerprint density at radius 3 is 2.61 bits per heavy atom. The lowest BCUT2D eigenvalue weighted by atomic mass is 10.2. The van der Waals surface area contributed by atoms with Gasteiger partial charge in [-0.15, -0.1) is 0 Å². The lowest BCUT2D eigenvalue weighted by molar-refractivity contribution is -0.145. The van der Waals surface area contributed by atoms with Crippen LogP contribution in [-0.2, 0) is 19.1 Å². The quantitative estimate of drug-likeness (QED) is 0.138. The number of ether oxygens (including phenoxy) is 4. The largest absolute Gasteiger partial charge is 0.490 e. The van der Waals surface area contributed by atoms with Gasteiger partial charge in [0, 0.05) is 20.3 Å². The molecular formula is C26H29IN2O6S. The van der Waals surface area contributed by atoms with Crippen molar-refractivity contribution >= 4 is 63.2 Å². The van der Waals surface area contributed by atoms with E-state index in [0.29, 0.717) is 47.8 Å². The Morgan fingerprint density at radius 2 is 1.92 bits per heavy atom. The second-order valence-electron chi connectivity index (χ2n) is 7.50. The summed E-state index contributed by atoms with van der Waals surface area (Å²) in [6.07, 6.45) is 2.52. The number of hydrogen-bond acceptors (Lipinski definition) is 8. The second kappa shape index (κ2) is 14.2. The molecule has 2 aromatic carbocycles. The average Bonchev–Trinajstić information content (AvgIpc) is 3.13. The lowest BCUT2D eigenvalue weighted by Crippen LogP contribution is -2.30. The van der Waals surface area contributed by atoms with Crippen LogP contribution in [0.15, 0.2) is 52.4 Å². The predicted octanol–water partition coefficient (Wildman–Crippen LogP) is 5.27. The number of hydrogen-bond donors (Lipinski definition) is 0. The Kier molecular flexibility index (Phi) is 11.1. The normalized spacial score (nSPS) is 15.6. The molecule has 0 spiro atoms. The third-order valence-electron chi connectivity index (χ3n) is 4.87. The van der Waals surface area contributed by atoms with E-state index in [4.69, 9.17) is 23.9 Å². The summed E-state index contributed by atoms with van der Waals surface area (Å²) >= 11 is 3.47. The Bertz CT molecular complexity index is 1120. The van der Waals surface area contributed by atoms with Crippen molar-refractivity contribution < 1.29 is 28.5 Å². The fourth-order valence-corrected chi connectivity index (χ4v) is 5.13. The number of carbonyl (C=O) groups is 2. The Morgan fingerprint density at radius 1 is 1.14 bits per heavy atom. The standard InChI is InChI=1S/C26H29IN2O6S/c1-4-33-21-15-18(14-20(27)24(21)35-17-23(30)34-5-2)16-22-25(31)29(12-9-13-32-3)26(36-22)28-19-10-7-6-8-11-19/h6-8,10-11,14-16H,4-5,9,12-13,17H2,1-3H3/b22-16-,28-26?. The van der Waals surface area contributed by atoms with Crippen LogP contribution < -0.4 is 9.47 Å². The molecule has 0 radical (unpaired) electrons. The molecule has 192 valence electrons. The summed E-state index contributed by atoms with van der Waals surface area (Å²) in [6, 6.07) is 13.2. The van der Waals surface area contributed by atoms with E-state index in [9.17, 15) is 9.59 Å². The smallest absolute Gasteiger partial charge is 0.344 e. The summed E-state index contributed by atoms with van der Waals surface area (Å²) < 4.78 is 22.3. The van der Waals surface area contributed by atoms with E-state index < -0.39 is 5.97 Å². The van der Waals surface area contributed by atoms with Crippen molar-refractivity contribution in [2.45, 2.75) is 20.3 Å². The van der Waals surface area contributed by atoms with Crippen LogP contribution in [0.2, 0.25) is 0 Å². The van der Waals surface area contributed by atoms with Gasteiger partial charge in [0.25, 0.3) is 5.91 Å². The molecular weight excluding hydrogens is 595 g/mol. The summed E-state index contributed by atoms with van der Waals surface area (Å²) in [4.78, 5) is 32.0. The average molecular weight is 624 g/mol. The molecule has 0 bridgehead atoms. The number of carbonyl (C=O) groups excluding carboxylic acids is 2. The van der Waals surface area contributed by atoms with Crippen molar-refractivity contribution in [2.24, 2.45) is 4.99 Å². The van der Waals surface area contributed by atoms with E-state index in [2.05, 4.69) is 22.6 Å². The Hall–Kier alpha value is -2.57. The number of para-hydroxylation sites is 1. The number of aliphatic imine (C=N–C) groups is 1. The van der Waals surface area contributed by atoms with E-state index >= 15 is 0 Å². The van der Waals surface area contributed by atoms with E-state index in [1.54, 1.807) is 25.0 Å². The number of halogens is 1. The molecule has 0 saturated carbocycles. The molecule has 1 amide bonds. The molecule has 10 heteroatoms. The number of methoxy groups -OCH3 is 1. The van der Waals surface area contributed by atoms with Gasteiger partial charge in [-0.3, -0.25) is 9.69 Å². The fourth-order valence-electron chi connectivity index (χ4n) is 3.33. The minimum Gasteiger partial charge on any atom is -0.490 e. The number of esters is 1. The Labute approximate surface area is 229 Å². The maximum Gasteiger partial charge on any atom is 0.344 e. The van der Waals surface area contributed by atoms with E-state index in [0.717, 1.165) is 14.8 Å². The number of rotatable bonds is 12. The van der Waals surface area contributed by atoms with Crippen LogP contribution in [0.3, 0.4) is 0 Å². The van der Waals surface area contributed by atoms with Crippen LogP contribution in [0, 0.1) is 3.57 Å². The first-order valence-corrected chi connectivity index (χ1v) is 13.4. The third-order valence-corrected chi connectivity index (χ3v) is 6.68. The van der Waals surface area contributed by atoms with Gasteiger partial charge in [0.15, 0.2) is 23.3 Å². The van der Waals surface area contributed by atoms with Crippen molar-refractivity contribution in [2.75, 3.05) is 40.1 Å². The molecule has 0 atom stereocenters. The highest BCUT2D eigenvalue weighted by Gasteiger charge is 2.33. The molecule has 3 rings (SSSR count). The molecule has 0 aromatic heterocycles. The molecule has 0 N–H and O–H groups in total. The van der Waals surface area contributed by atoms with Crippen LogP contribution in [-0.4, -0.2) is 62.0 Å². The number of nitrogens with zero attached hydrogens (tertiary/aromatic N) is 2. The molecule has 1 saturated heterocycles. The van der Waals surface area contributed by atoms with Gasteiger partial charge in [0.05, 0.1) is 27.4 Å². The first kappa shape index (κ1) is 28.0. The van der Waals surface area contributed by atoms with Gasteiger partial charge >= 0.3 is 5.97 Å². The zero-order valence-corrected chi connectivity index (χ0v) is 23.5. The van der Waals surface area contributed by atoms with Gasteiger partial charge in [-0.25, -0.2) is 9.79 Å². The van der Waals surface area contributed by atoms with Gasteiger partial charge in [0.1, 0.15) is 0 Å². The fraction of sp³-hybridized carbons (Fsp3) is 0.346. The second-order valence-corrected chi connectivity index (χ2v) is 9.67. The first-order valence-electron chi connectivity index (χ1n) is 11.6. The highest BCUT2D eigenvalue weighted by atomic mass is 127. The molecule has 36 heavy (non-hydrogen) atoms. The van der Waals surface area contributed by atoms with Crippen LogP contribution in [0.1, 0.15) is 25.8 Å². The third kappa shape index (κ3) is 7.71. The summed E-state index contributed by atoms with van der Waals surface area (Å²) in [5.41, 5.74) is 1.56. The van der Waals surface area contributed by atoms with E-state index in [-0.39, 0.29) is 19.1 Å². The number of amidine groups is 1. The maximum atomic E-state index is 13.3. The summed E-state index contributed by atoms with van der Waals surface area (Å²) in [5.74, 6) is 0.395. The zero-order valence-electron chi connectivity index (χ0n) is 20.5. The lowest BCUT2D eigenvalue weighted by Gasteiger charge is -2.15. The molecule has 2 aromatic rings. The summed E-state index contributed by atoms with van der Waals surface area (Å²) in [7, 11) is 1.64. The number of benzene rings is 2. The van der Waals surface area contributed by atoms with Crippen molar-refractivity contribution in [1.82, 2.24) is 4.90 Å². The summed E-state index contributed by atoms with van der Waals surface area (Å²) in [5, 5.41) is 0.627. The number of thioether (sulfide) groups is 1. The first-order chi connectivity index (χ1) is 17.5. The van der Waals surface area contributed by atoms with Crippen LogP contribution in [0.4, 0.5) is 5.69 Å². The van der Waals surface area contributed by atoms with Gasteiger partial charge in [-0.2, -0.15) is 0 Å². The van der Waals surface area contributed by atoms with Crippen LogP contribution in [0.5, 0.6) is 11.5 Å². The predicted molar refractivity (Wildman–Crippen MR) is 150 cm³/mol. The van der Waals surface area contributed by atoms with Crippen molar-refractivity contribution in [3.05, 3.63) is 56.5 Å². The molecule has 1 fully saturated rings. The Balaban J connectivity index is 1.90. The van der Waals surface area contributed by atoms with E-state index in [1.807, 2.05) is 49.4 Å². The number of amides is 1. The van der Waals surface area contributed by atoms with Gasteiger partial charge in [0.2, 0.25) is 0 Å². The van der Waals surface area contributed by atoms with Gasteiger partial charge in [-0.1, -0.05) is 18.2 Å². The van der Waals surface area contributed by atoms with Crippen molar-refractivity contribution in [1.29, 1.82) is 0 Å². The molecule has 0 unspecified atom stereocenters. The minimum atomic E-state index is -0.450. The molecule has 1 aliphatic rings. The van der Waals surface area contributed by atoms with Crippen LogP contribution in [0.25, 0.3) is 6.08 Å². The van der Waals surface area contributed by atoms with E-state index in [1.165, 1.54) is 11.8 Å². The SMILES string of the molecule is CCOC(=O)COc1c(I)cc(/C=C2\SC(=Nc3ccccc3)N(CCCOC)C2=O)cc1OCC. The van der Waals surface area contributed by atoms with Gasteiger partial charge in [-0.05, 0) is 90.5 Å². The molecule has 8 nitrogen and oxygen atoms in total. The van der Waals surface area contributed by atoms with Crippen molar-refractivity contribution in [3.8, 4) is 11.5 Å². The topological polar surface area (TPSA) is 86.7 Å². The maximum absolute atomic E-state index is 13.3. The highest BCUT2D eigenvalue weighted by molar-refractivity contribution is 14.1. The van der Waals surface area contributed by atoms with Gasteiger partial charge < -0.3 is 18.9 Å². The zero-order chi connectivity index (χ0) is 25.9.